The van der Waals surface area contributed by atoms with E-state index < -0.39 is 0 Å². The van der Waals surface area contributed by atoms with Gasteiger partial charge in [0, 0.05) is 11.1 Å². The molecule has 1 amide bonds. The average molecular weight is 276 g/mol. The number of nitrogens with one attached hydrogen (secondary N) is 1. The first-order valence-electron chi connectivity index (χ1n) is 4.82. The fourth-order valence-electron chi connectivity index (χ4n) is 1.52. The first-order chi connectivity index (χ1) is 7.68. The highest BCUT2D eigenvalue weighted by atomic mass is 79.9. The Hall–Kier alpha value is -1.61. The van der Waals surface area contributed by atoms with Crippen molar-refractivity contribution in [3.63, 3.8) is 0 Å². The molecule has 0 spiro atoms. The monoisotopic (exact) mass is 275 g/mol. The minimum atomic E-state index is -0.226. The maximum atomic E-state index is 11.5. The molecule has 0 bridgehead atoms. The molecule has 80 valence electrons. The molecule has 0 radical (unpaired) electrons. The van der Waals surface area contributed by atoms with E-state index in [0.717, 1.165) is 16.5 Å². The van der Waals surface area contributed by atoms with Crippen LogP contribution in [0, 0.1) is 0 Å². The van der Waals surface area contributed by atoms with Gasteiger partial charge >= 0.3 is 0 Å². The van der Waals surface area contributed by atoms with Gasteiger partial charge in [-0.05, 0) is 27.4 Å². The normalized spacial score (nSPS) is 10.1. The van der Waals surface area contributed by atoms with Crippen LogP contribution in [0.2, 0.25) is 0 Å². The van der Waals surface area contributed by atoms with Gasteiger partial charge in [-0.25, -0.2) is 0 Å². The van der Waals surface area contributed by atoms with Crippen LogP contribution >= 0.6 is 15.9 Å². The SMILES string of the molecule is C=C(Br)C(=O)Nc1cccc2ccccc12. The van der Waals surface area contributed by atoms with Gasteiger partial charge in [0.2, 0.25) is 0 Å². The Balaban J connectivity index is 2.45. The summed E-state index contributed by atoms with van der Waals surface area (Å²) in [4.78, 5) is 11.5. The molecule has 0 aliphatic rings. The summed E-state index contributed by atoms with van der Waals surface area (Å²) < 4.78 is 0.320. The van der Waals surface area contributed by atoms with Crippen LogP contribution in [0.1, 0.15) is 0 Å². The highest BCUT2D eigenvalue weighted by Crippen LogP contribution is 2.23. The zero-order chi connectivity index (χ0) is 11.5. The largest absolute Gasteiger partial charge is 0.321 e. The smallest absolute Gasteiger partial charge is 0.262 e. The number of carbonyl (C=O) groups excluding carboxylic acids is 1. The summed E-state index contributed by atoms with van der Waals surface area (Å²) in [6.07, 6.45) is 0. The molecule has 0 aliphatic heterocycles. The van der Waals surface area contributed by atoms with E-state index in [4.69, 9.17) is 0 Å². The Labute approximate surface area is 102 Å². The van der Waals surface area contributed by atoms with E-state index in [1.807, 2.05) is 42.5 Å². The number of hydrogen-bond donors (Lipinski definition) is 1. The summed E-state index contributed by atoms with van der Waals surface area (Å²) in [5.41, 5.74) is 0.795. The lowest BCUT2D eigenvalue weighted by molar-refractivity contribution is -0.112. The number of anilines is 1. The molecular formula is C13H10BrNO. The summed E-state index contributed by atoms with van der Waals surface area (Å²) in [5.74, 6) is -0.226. The minimum absolute atomic E-state index is 0.226. The van der Waals surface area contributed by atoms with E-state index in [1.54, 1.807) is 0 Å². The second-order valence-electron chi connectivity index (χ2n) is 3.39. The molecule has 0 unspecified atom stereocenters. The van der Waals surface area contributed by atoms with Crippen molar-refractivity contribution in [1.82, 2.24) is 0 Å². The van der Waals surface area contributed by atoms with Crippen LogP contribution in [0.3, 0.4) is 0 Å². The molecule has 2 nitrogen and oxygen atoms in total. The Morgan fingerprint density at radius 3 is 2.56 bits per heavy atom. The topological polar surface area (TPSA) is 29.1 Å². The van der Waals surface area contributed by atoms with E-state index in [0.29, 0.717) is 4.48 Å². The highest BCUT2D eigenvalue weighted by molar-refractivity contribution is 9.12. The summed E-state index contributed by atoms with van der Waals surface area (Å²) in [6.45, 7) is 3.54. The van der Waals surface area contributed by atoms with Crippen LogP contribution < -0.4 is 5.32 Å². The molecule has 0 saturated heterocycles. The summed E-state index contributed by atoms with van der Waals surface area (Å²) in [5, 5.41) is 4.92. The fraction of sp³-hybridized carbons (Fsp3) is 0. The number of benzene rings is 2. The maximum absolute atomic E-state index is 11.5. The van der Waals surface area contributed by atoms with Gasteiger partial charge in [0.05, 0.1) is 4.48 Å². The molecule has 0 aliphatic carbocycles. The van der Waals surface area contributed by atoms with Gasteiger partial charge in [0.1, 0.15) is 0 Å². The van der Waals surface area contributed by atoms with Crippen molar-refractivity contribution in [2.75, 3.05) is 5.32 Å². The Morgan fingerprint density at radius 2 is 1.81 bits per heavy atom. The lowest BCUT2D eigenvalue weighted by atomic mass is 10.1. The van der Waals surface area contributed by atoms with Gasteiger partial charge in [0.25, 0.3) is 5.91 Å². The van der Waals surface area contributed by atoms with Gasteiger partial charge in [-0.3, -0.25) is 4.79 Å². The molecule has 16 heavy (non-hydrogen) atoms. The van der Waals surface area contributed by atoms with Crippen molar-refractivity contribution < 1.29 is 4.79 Å². The molecule has 3 heteroatoms. The van der Waals surface area contributed by atoms with Crippen LogP contribution in [0.25, 0.3) is 10.8 Å². The summed E-state index contributed by atoms with van der Waals surface area (Å²) >= 11 is 3.05. The molecule has 2 aromatic rings. The molecule has 0 aromatic heterocycles. The van der Waals surface area contributed by atoms with Crippen molar-refractivity contribution >= 4 is 38.3 Å². The minimum Gasteiger partial charge on any atom is -0.321 e. The van der Waals surface area contributed by atoms with E-state index >= 15 is 0 Å². The summed E-state index contributed by atoms with van der Waals surface area (Å²) in [7, 11) is 0. The number of fused-ring (bicyclic) bond motifs is 1. The fourth-order valence-corrected chi connectivity index (χ4v) is 1.62. The Bertz CT molecular complexity index is 557. The second kappa shape index (κ2) is 4.49. The Kier molecular flexibility index (Phi) is 3.06. The van der Waals surface area contributed by atoms with E-state index in [2.05, 4.69) is 27.8 Å². The standard InChI is InChI=1S/C13H10BrNO/c1-9(14)13(16)15-12-8-4-6-10-5-2-3-7-11(10)12/h2-8H,1H2,(H,15,16). The van der Waals surface area contributed by atoms with E-state index in [-0.39, 0.29) is 5.91 Å². The molecule has 2 rings (SSSR count). The third kappa shape index (κ3) is 2.14. The number of amides is 1. The average Bonchev–Trinajstić information content (AvgIpc) is 2.29. The van der Waals surface area contributed by atoms with Crippen molar-refractivity contribution in [1.29, 1.82) is 0 Å². The van der Waals surface area contributed by atoms with Crippen LogP contribution in [-0.2, 0) is 4.79 Å². The lowest BCUT2D eigenvalue weighted by Gasteiger charge is -2.07. The number of hydrogen-bond acceptors (Lipinski definition) is 1. The first-order valence-corrected chi connectivity index (χ1v) is 5.61. The van der Waals surface area contributed by atoms with Gasteiger partial charge in [-0.2, -0.15) is 0 Å². The van der Waals surface area contributed by atoms with Crippen LogP contribution in [0.5, 0.6) is 0 Å². The van der Waals surface area contributed by atoms with Crippen molar-refractivity contribution in [2.24, 2.45) is 0 Å². The number of rotatable bonds is 2. The number of carbonyl (C=O) groups is 1. The number of halogens is 1. The Morgan fingerprint density at radius 1 is 1.12 bits per heavy atom. The highest BCUT2D eigenvalue weighted by Gasteiger charge is 2.06. The summed E-state index contributed by atoms with van der Waals surface area (Å²) in [6, 6.07) is 13.7. The van der Waals surface area contributed by atoms with Gasteiger partial charge < -0.3 is 5.32 Å². The maximum Gasteiger partial charge on any atom is 0.262 e. The van der Waals surface area contributed by atoms with Crippen LogP contribution in [0.15, 0.2) is 53.5 Å². The van der Waals surface area contributed by atoms with E-state index in [1.165, 1.54) is 0 Å². The zero-order valence-electron chi connectivity index (χ0n) is 8.53. The second-order valence-corrected chi connectivity index (χ2v) is 4.34. The quantitative estimate of drug-likeness (QED) is 0.833. The molecule has 0 saturated carbocycles. The molecule has 0 heterocycles. The third-order valence-corrected chi connectivity index (χ3v) is 2.64. The van der Waals surface area contributed by atoms with Crippen molar-refractivity contribution in [2.45, 2.75) is 0 Å². The predicted octanol–water partition coefficient (Wildman–Crippen LogP) is 3.69. The lowest BCUT2D eigenvalue weighted by Crippen LogP contribution is -2.10. The third-order valence-electron chi connectivity index (χ3n) is 2.28. The van der Waals surface area contributed by atoms with Gasteiger partial charge in [-0.1, -0.05) is 43.0 Å². The van der Waals surface area contributed by atoms with Crippen LogP contribution in [-0.4, -0.2) is 5.91 Å². The van der Waals surface area contributed by atoms with E-state index in [9.17, 15) is 4.79 Å². The molecule has 0 fully saturated rings. The van der Waals surface area contributed by atoms with Gasteiger partial charge in [-0.15, -0.1) is 0 Å². The van der Waals surface area contributed by atoms with Gasteiger partial charge in [0.15, 0.2) is 0 Å². The zero-order valence-corrected chi connectivity index (χ0v) is 10.1. The molecule has 1 N–H and O–H groups in total. The molecule has 2 aromatic carbocycles. The molecule has 0 atom stereocenters. The van der Waals surface area contributed by atoms with Crippen molar-refractivity contribution in [3.05, 3.63) is 53.5 Å². The molecular weight excluding hydrogens is 266 g/mol. The first kappa shape index (κ1) is 10.9. The predicted molar refractivity (Wildman–Crippen MR) is 70.6 cm³/mol. The van der Waals surface area contributed by atoms with Crippen molar-refractivity contribution in [3.8, 4) is 0 Å². The van der Waals surface area contributed by atoms with Crippen LogP contribution in [0.4, 0.5) is 5.69 Å².